The molecular weight excluding hydrogens is 478 g/mol. The highest BCUT2D eigenvalue weighted by Crippen LogP contribution is 2.37. The van der Waals surface area contributed by atoms with E-state index >= 15 is 0 Å². The summed E-state index contributed by atoms with van der Waals surface area (Å²) in [5.74, 6) is -0.0818. The van der Waals surface area contributed by atoms with E-state index in [0.29, 0.717) is 28.0 Å². The summed E-state index contributed by atoms with van der Waals surface area (Å²) in [7, 11) is -0.640. The Bertz CT molecular complexity index is 1540. The Balaban J connectivity index is 1.78. The number of hydrogen-bond donors (Lipinski definition) is 1. The molecule has 10 heteroatoms. The Kier molecular flexibility index (Phi) is 6.57. The summed E-state index contributed by atoms with van der Waals surface area (Å²) in [6.07, 6.45) is 1.38. The maximum Gasteiger partial charge on any atom is 0.270 e. The molecule has 2 aromatic heterocycles. The van der Waals surface area contributed by atoms with E-state index in [0.717, 1.165) is 5.56 Å². The third kappa shape index (κ3) is 4.56. The molecule has 4 aromatic rings. The molecule has 0 spiro atoms. The third-order valence-corrected chi connectivity index (χ3v) is 8.53. The van der Waals surface area contributed by atoms with E-state index in [9.17, 15) is 13.2 Å². The smallest absolute Gasteiger partial charge is 0.270 e. The van der Waals surface area contributed by atoms with Crippen molar-refractivity contribution in [3.8, 4) is 17.1 Å². The van der Waals surface area contributed by atoms with Crippen molar-refractivity contribution in [3.63, 3.8) is 0 Å². The van der Waals surface area contributed by atoms with Crippen LogP contribution in [0.25, 0.3) is 22.3 Å². The second kappa shape index (κ2) is 9.34. The van der Waals surface area contributed by atoms with Crippen LogP contribution in [0.3, 0.4) is 0 Å². The zero-order valence-electron chi connectivity index (χ0n) is 21.1. The van der Waals surface area contributed by atoms with E-state index in [1.807, 2.05) is 37.3 Å². The highest BCUT2D eigenvalue weighted by atomic mass is 32.2. The molecule has 9 nitrogen and oxygen atoms in total. The van der Waals surface area contributed by atoms with Crippen LogP contribution < -0.4 is 10.1 Å². The molecule has 188 valence electrons. The molecule has 0 aliphatic carbocycles. The average Bonchev–Trinajstić information content (AvgIpc) is 3.24. The molecule has 0 aliphatic rings. The monoisotopic (exact) mass is 507 g/mol. The van der Waals surface area contributed by atoms with Gasteiger partial charge in [-0.1, -0.05) is 30.3 Å². The molecule has 0 unspecified atom stereocenters. The molecule has 36 heavy (non-hydrogen) atoms. The normalized spacial score (nSPS) is 12.9. The fourth-order valence-corrected chi connectivity index (χ4v) is 5.20. The van der Waals surface area contributed by atoms with E-state index in [1.165, 1.54) is 24.2 Å². The van der Waals surface area contributed by atoms with Gasteiger partial charge in [-0.05, 0) is 45.4 Å². The van der Waals surface area contributed by atoms with Crippen LogP contribution in [0.5, 0.6) is 5.75 Å². The van der Waals surface area contributed by atoms with Crippen molar-refractivity contribution >= 4 is 26.6 Å². The maximum atomic E-state index is 13.3. The number of ether oxygens (including phenoxy) is 1. The number of nitrogens with one attached hydrogen (secondary N) is 1. The quantitative estimate of drug-likeness (QED) is 0.418. The largest absolute Gasteiger partial charge is 0.495 e. The summed E-state index contributed by atoms with van der Waals surface area (Å²) >= 11 is 0. The lowest BCUT2D eigenvalue weighted by molar-refractivity contribution is 0.0930. The number of aryl methyl sites for hydroxylation is 1. The first-order valence-electron chi connectivity index (χ1n) is 11.4. The first kappa shape index (κ1) is 25.3. The molecule has 0 bridgehead atoms. The minimum Gasteiger partial charge on any atom is -0.495 e. The third-order valence-electron chi connectivity index (χ3n) is 6.02. The van der Waals surface area contributed by atoms with Crippen LogP contribution in [0.15, 0.2) is 59.8 Å². The highest BCUT2D eigenvalue weighted by Gasteiger charge is 2.34. The number of carbonyl (C=O) groups excluding carboxylic acids is 1. The van der Waals surface area contributed by atoms with Gasteiger partial charge in [0, 0.05) is 18.5 Å². The zero-order chi connectivity index (χ0) is 26.3. The van der Waals surface area contributed by atoms with Crippen molar-refractivity contribution in [1.82, 2.24) is 25.1 Å². The first-order chi connectivity index (χ1) is 16.9. The standard InChI is InChI=1S/C26H29N5O4S/c1-16(17-10-8-7-9-11-17)29-25(32)21-13-20(30-31(21)5)24-18-12-23(36(33,34)26(2,3)4)22(35-6)14-19(18)27-15-28-24/h7-16H,1-6H3,(H,29,32)/t16-/m1/s1. The minimum atomic E-state index is -3.74. The lowest BCUT2D eigenvalue weighted by Gasteiger charge is -2.21. The van der Waals surface area contributed by atoms with Crippen molar-refractivity contribution in [2.75, 3.05) is 7.11 Å². The van der Waals surface area contributed by atoms with Crippen LogP contribution >= 0.6 is 0 Å². The molecule has 1 amide bonds. The van der Waals surface area contributed by atoms with Gasteiger partial charge in [0.25, 0.3) is 5.91 Å². The number of rotatable bonds is 6. The van der Waals surface area contributed by atoms with Gasteiger partial charge in [0.05, 0.1) is 23.4 Å². The number of carbonyl (C=O) groups is 1. The van der Waals surface area contributed by atoms with Crippen LogP contribution in [-0.2, 0) is 16.9 Å². The molecule has 2 aromatic carbocycles. The number of methoxy groups -OCH3 is 1. The van der Waals surface area contributed by atoms with Gasteiger partial charge in [0.1, 0.15) is 34.1 Å². The predicted molar refractivity (Wildman–Crippen MR) is 138 cm³/mol. The molecule has 1 N–H and O–H groups in total. The number of amides is 1. The lowest BCUT2D eigenvalue weighted by atomic mass is 10.1. The van der Waals surface area contributed by atoms with Crippen molar-refractivity contribution in [2.24, 2.45) is 7.05 Å². The summed E-state index contributed by atoms with van der Waals surface area (Å²) in [6, 6.07) is 14.2. The van der Waals surface area contributed by atoms with Gasteiger partial charge in [0.2, 0.25) is 0 Å². The van der Waals surface area contributed by atoms with E-state index in [-0.39, 0.29) is 22.6 Å². The van der Waals surface area contributed by atoms with Gasteiger partial charge in [-0.25, -0.2) is 18.4 Å². The Morgan fingerprint density at radius 3 is 2.42 bits per heavy atom. The second-order valence-corrected chi connectivity index (χ2v) is 12.2. The van der Waals surface area contributed by atoms with Gasteiger partial charge < -0.3 is 10.1 Å². The average molecular weight is 508 g/mol. The maximum absolute atomic E-state index is 13.3. The summed E-state index contributed by atoms with van der Waals surface area (Å²) in [5.41, 5.74) is 2.66. The number of fused-ring (bicyclic) bond motifs is 1. The van der Waals surface area contributed by atoms with Crippen molar-refractivity contribution in [3.05, 3.63) is 66.1 Å². The zero-order valence-corrected chi connectivity index (χ0v) is 21.9. The van der Waals surface area contributed by atoms with Gasteiger partial charge in [0.15, 0.2) is 9.84 Å². The SMILES string of the molecule is COc1cc2ncnc(-c3cc(C(=O)N[C@H](C)c4ccccc4)n(C)n3)c2cc1S(=O)(=O)C(C)(C)C. The number of hydrogen-bond acceptors (Lipinski definition) is 7. The van der Waals surface area contributed by atoms with E-state index < -0.39 is 14.6 Å². The number of sulfone groups is 1. The fraction of sp³-hybridized carbons (Fsp3) is 0.308. The van der Waals surface area contributed by atoms with Gasteiger partial charge in [-0.15, -0.1) is 0 Å². The Labute approximate surface area is 210 Å². The Morgan fingerprint density at radius 1 is 1.08 bits per heavy atom. The molecular formula is C26H29N5O4S. The number of aromatic nitrogens is 4. The Hall–Kier alpha value is -3.79. The minimum absolute atomic E-state index is 0.0478. The first-order valence-corrected chi connectivity index (χ1v) is 12.9. The van der Waals surface area contributed by atoms with Gasteiger partial charge in [-0.3, -0.25) is 9.48 Å². The summed E-state index contributed by atoms with van der Waals surface area (Å²) in [4.78, 5) is 21.8. The van der Waals surface area contributed by atoms with Gasteiger partial charge >= 0.3 is 0 Å². The molecule has 2 heterocycles. The molecule has 0 fully saturated rings. The predicted octanol–water partition coefficient (Wildman–Crippen LogP) is 4.10. The highest BCUT2D eigenvalue weighted by molar-refractivity contribution is 7.92. The summed E-state index contributed by atoms with van der Waals surface area (Å²) in [5, 5.41) is 7.98. The molecule has 1 atom stereocenters. The van der Waals surface area contributed by atoms with E-state index in [2.05, 4.69) is 20.4 Å². The van der Waals surface area contributed by atoms with Crippen LogP contribution in [0, 0.1) is 0 Å². The summed E-state index contributed by atoms with van der Waals surface area (Å²) in [6.45, 7) is 6.81. The van der Waals surface area contributed by atoms with Crippen LogP contribution in [0.2, 0.25) is 0 Å². The van der Waals surface area contributed by atoms with E-state index in [4.69, 9.17) is 4.74 Å². The molecule has 0 aliphatic heterocycles. The van der Waals surface area contributed by atoms with Crippen molar-refractivity contribution in [1.29, 1.82) is 0 Å². The lowest BCUT2D eigenvalue weighted by Crippen LogP contribution is -2.28. The van der Waals surface area contributed by atoms with Crippen molar-refractivity contribution < 1.29 is 17.9 Å². The second-order valence-electron chi connectivity index (χ2n) is 9.50. The van der Waals surface area contributed by atoms with Gasteiger partial charge in [-0.2, -0.15) is 5.10 Å². The Morgan fingerprint density at radius 2 is 1.78 bits per heavy atom. The molecule has 0 radical (unpaired) electrons. The molecule has 4 rings (SSSR count). The summed E-state index contributed by atoms with van der Waals surface area (Å²) < 4.78 is 32.4. The topological polar surface area (TPSA) is 116 Å². The fourth-order valence-electron chi connectivity index (χ4n) is 3.86. The number of benzene rings is 2. The van der Waals surface area contributed by atoms with Crippen LogP contribution in [-0.4, -0.2) is 45.9 Å². The molecule has 0 saturated carbocycles. The van der Waals surface area contributed by atoms with Crippen molar-refractivity contribution in [2.45, 2.75) is 43.4 Å². The van der Waals surface area contributed by atoms with Crippen LogP contribution in [0.1, 0.15) is 49.8 Å². The molecule has 0 saturated heterocycles. The number of nitrogens with zero attached hydrogens (tertiary/aromatic N) is 4. The van der Waals surface area contributed by atoms with Crippen LogP contribution in [0.4, 0.5) is 0 Å². The van der Waals surface area contributed by atoms with E-state index in [1.54, 1.807) is 40.0 Å².